The summed E-state index contributed by atoms with van der Waals surface area (Å²) in [6, 6.07) is 15.2. The zero-order valence-electron chi connectivity index (χ0n) is 26.3. The molecule has 2 aromatic carbocycles. The molecule has 0 aromatic heterocycles. The Morgan fingerprint density at radius 1 is 0.844 bits per heavy atom. The highest BCUT2D eigenvalue weighted by Gasteiger charge is 2.34. The van der Waals surface area contributed by atoms with E-state index in [1.54, 1.807) is 4.31 Å². The third-order valence-electron chi connectivity index (χ3n) is 9.71. The van der Waals surface area contributed by atoms with E-state index in [-0.39, 0.29) is 18.2 Å². The van der Waals surface area contributed by atoms with Gasteiger partial charge in [0.15, 0.2) is 0 Å². The average molecular weight is 656 g/mol. The number of carbonyl (C=O) groups excluding carboxylic acids is 2. The normalized spacial score (nSPS) is 20.3. The van der Waals surface area contributed by atoms with Gasteiger partial charge in [-0.05, 0) is 73.8 Å². The lowest BCUT2D eigenvalue weighted by molar-refractivity contribution is -0.142. The van der Waals surface area contributed by atoms with Crippen LogP contribution >= 0.6 is 11.6 Å². The molecule has 0 spiro atoms. The van der Waals surface area contributed by atoms with Crippen LogP contribution in [0.3, 0.4) is 0 Å². The highest BCUT2D eigenvalue weighted by Crippen LogP contribution is 2.37. The lowest BCUT2D eigenvalue weighted by Crippen LogP contribution is -2.52. The van der Waals surface area contributed by atoms with E-state index in [0.29, 0.717) is 55.8 Å². The molecule has 4 fully saturated rings. The molecule has 2 aliphatic carbocycles. The third kappa shape index (κ3) is 8.51. The summed E-state index contributed by atoms with van der Waals surface area (Å²) < 4.78 is 27.1. The Labute approximate surface area is 273 Å². The van der Waals surface area contributed by atoms with Gasteiger partial charge in [0, 0.05) is 76.9 Å². The average Bonchev–Trinajstić information content (AvgIpc) is 3.97. The van der Waals surface area contributed by atoms with E-state index in [9.17, 15) is 18.0 Å². The van der Waals surface area contributed by atoms with E-state index in [4.69, 9.17) is 11.6 Å². The fraction of sp³-hybridized carbons (Fsp3) is 0.588. The van der Waals surface area contributed by atoms with E-state index >= 15 is 0 Å². The first kappa shape index (κ1) is 32.1. The Morgan fingerprint density at radius 2 is 1.47 bits per heavy atom. The van der Waals surface area contributed by atoms with Crippen LogP contribution in [0.25, 0.3) is 0 Å². The van der Waals surface area contributed by atoms with Gasteiger partial charge in [0.25, 0.3) is 0 Å². The molecule has 2 aromatic rings. The van der Waals surface area contributed by atoms with Gasteiger partial charge in [-0.25, -0.2) is 8.42 Å². The summed E-state index contributed by atoms with van der Waals surface area (Å²) >= 11 is 6.13. The van der Waals surface area contributed by atoms with Crippen LogP contribution in [0.4, 0.5) is 11.4 Å². The SMILES string of the molecule is CS(=O)(=O)N(CC1CC1)c1ccccc1N1CCN(C(=O)C(CC(=O)N2CCN(CC3CC3)CC2)Cc2ccc(Cl)cc2)CC1. The van der Waals surface area contributed by atoms with Gasteiger partial charge >= 0.3 is 0 Å². The van der Waals surface area contributed by atoms with Crippen LogP contribution < -0.4 is 9.21 Å². The zero-order valence-corrected chi connectivity index (χ0v) is 27.9. The van der Waals surface area contributed by atoms with Crippen LogP contribution in [0.2, 0.25) is 5.02 Å². The van der Waals surface area contributed by atoms with Gasteiger partial charge in [-0.3, -0.25) is 18.8 Å². The molecule has 244 valence electrons. The van der Waals surface area contributed by atoms with Gasteiger partial charge in [0.2, 0.25) is 21.8 Å². The number of rotatable bonds is 12. The number of hydrogen-bond acceptors (Lipinski definition) is 6. The Kier molecular flexibility index (Phi) is 9.92. The van der Waals surface area contributed by atoms with Gasteiger partial charge in [0.1, 0.15) is 0 Å². The van der Waals surface area contributed by atoms with E-state index in [1.165, 1.54) is 19.1 Å². The molecule has 0 N–H and O–H groups in total. The highest BCUT2D eigenvalue weighted by atomic mass is 35.5. The predicted molar refractivity (Wildman–Crippen MR) is 179 cm³/mol. The Balaban J connectivity index is 1.11. The number of sulfonamides is 1. The molecule has 9 nitrogen and oxygen atoms in total. The maximum absolute atomic E-state index is 14.1. The first-order chi connectivity index (χ1) is 21.6. The summed E-state index contributed by atoms with van der Waals surface area (Å²) in [5.74, 6) is 0.849. The number of para-hydroxylation sites is 2. The van der Waals surface area contributed by atoms with Crippen molar-refractivity contribution >= 4 is 44.8 Å². The van der Waals surface area contributed by atoms with Crippen molar-refractivity contribution in [1.82, 2.24) is 14.7 Å². The fourth-order valence-corrected chi connectivity index (χ4v) is 7.77. The summed E-state index contributed by atoms with van der Waals surface area (Å²) in [6.45, 7) is 7.10. The molecule has 2 heterocycles. The molecular weight excluding hydrogens is 610 g/mol. The quantitative estimate of drug-likeness (QED) is 0.344. The molecule has 2 saturated carbocycles. The van der Waals surface area contributed by atoms with Crippen molar-refractivity contribution in [2.24, 2.45) is 17.8 Å². The molecule has 45 heavy (non-hydrogen) atoms. The minimum atomic E-state index is -3.43. The number of nitrogens with zero attached hydrogens (tertiary/aromatic N) is 5. The monoisotopic (exact) mass is 655 g/mol. The Bertz CT molecular complexity index is 1450. The van der Waals surface area contributed by atoms with Crippen LogP contribution in [0, 0.1) is 17.8 Å². The molecule has 4 aliphatic rings. The minimum absolute atomic E-state index is 0.00472. The number of piperazine rings is 2. The molecule has 2 amide bonds. The zero-order chi connectivity index (χ0) is 31.6. The molecule has 1 atom stereocenters. The minimum Gasteiger partial charge on any atom is -0.366 e. The molecule has 0 bridgehead atoms. The summed E-state index contributed by atoms with van der Waals surface area (Å²) in [6.07, 6.45) is 6.73. The maximum atomic E-state index is 14.1. The topological polar surface area (TPSA) is 84.5 Å². The molecular formula is C34H46ClN5O4S. The highest BCUT2D eigenvalue weighted by molar-refractivity contribution is 7.92. The lowest BCUT2D eigenvalue weighted by atomic mass is 9.93. The van der Waals surface area contributed by atoms with Gasteiger partial charge in [-0.15, -0.1) is 0 Å². The standard InChI is InChI=1S/C34H46ClN5O4S/c1-45(43,44)40(25-28-8-9-28)32-5-3-2-4-31(32)37-18-20-39(21-19-37)34(42)29(22-26-10-12-30(35)13-11-26)23-33(41)38-16-14-36(15-17-38)24-27-6-7-27/h2-5,10-13,27-29H,6-9,14-25H2,1H3. The van der Waals surface area contributed by atoms with Crippen molar-refractivity contribution in [3.8, 4) is 0 Å². The molecule has 2 aliphatic heterocycles. The third-order valence-corrected chi connectivity index (χ3v) is 11.1. The van der Waals surface area contributed by atoms with E-state index in [0.717, 1.165) is 62.7 Å². The number of halogens is 1. The first-order valence-corrected chi connectivity index (χ1v) is 18.7. The van der Waals surface area contributed by atoms with Gasteiger partial charge in [-0.1, -0.05) is 35.9 Å². The maximum Gasteiger partial charge on any atom is 0.232 e. The van der Waals surface area contributed by atoms with E-state index in [2.05, 4.69) is 9.80 Å². The van der Waals surface area contributed by atoms with E-state index < -0.39 is 15.9 Å². The molecule has 6 rings (SSSR count). The fourth-order valence-electron chi connectivity index (χ4n) is 6.65. The van der Waals surface area contributed by atoms with Crippen molar-refractivity contribution in [1.29, 1.82) is 0 Å². The van der Waals surface area contributed by atoms with Crippen molar-refractivity contribution in [3.05, 3.63) is 59.1 Å². The number of hydrogen-bond donors (Lipinski definition) is 0. The van der Waals surface area contributed by atoms with Gasteiger partial charge in [0.05, 0.1) is 23.5 Å². The number of benzene rings is 2. The van der Waals surface area contributed by atoms with Crippen LogP contribution in [-0.4, -0.2) is 107 Å². The van der Waals surface area contributed by atoms with Crippen molar-refractivity contribution in [2.45, 2.75) is 38.5 Å². The second kappa shape index (κ2) is 13.9. The molecule has 2 saturated heterocycles. The Morgan fingerprint density at radius 3 is 2.09 bits per heavy atom. The lowest BCUT2D eigenvalue weighted by Gasteiger charge is -2.39. The second-order valence-corrected chi connectivity index (χ2v) is 15.7. The van der Waals surface area contributed by atoms with Crippen molar-refractivity contribution in [3.63, 3.8) is 0 Å². The van der Waals surface area contributed by atoms with E-state index in [1.807, 2.05) is 58.3 Å². The van der Waals surface area contributed by atoms with Crippen LogP contribution in [0.1, 0.15) is 37.7 Å². The summed E-state index contributed by atoms with van der Waals surface area (Å²) in [4.78, 5) is 36.1. The van der Waals surface area contributed by atoms with Crippen LogP contribution in [0.5, 0.6) is 0 Å². The predicted octanol–water partition coefficient (Wildman–Crippen LogP) is 3.97. The van der Waals surface area contributed by atoms with Gasteiger partial charge < -0.3 is 14.7 Å². The van der Waals surface area contributed by atoms with Crippen molar-refractivity contribution in [2.75, 3.05) is 80.9 Å². The molecule has 11 heteroatoms. The van der Waals surface area contributed by atoms with Crippen LogP contribution in [-0.2, 0) is 26.0 Å². The summed E-state index contributed by atoms with van der Waals surface area (Å²) in [7, 11) is -3.43. The molecule has 1 unspecified atom stereocenters. The number of anilines is 2. The molecule has 0 radical (unpaired) electrons. The second-order valence-electron chi connectivity index (χ2n) is 13.4. The largest absolute Gasteiger partial charge is 0.366 e. The van der Waals surface area contributed by atoms with Gasteiger partial charge in [-0.2, -0.15) is 0 Å². The summed E-state index contributed by atoms with van der Waals surface area (Å²) in [5.41, 5.74) is 2.57. The number of amides is 2. The smallest absolute Gasteiger partial charge is 0.232 e. The summed E-state index contributed by atoms with van der Waals surface area (Å²) in [5, 5.41) is 0.643. The first-order valence-electron chi connectivity index (χ1n) is 16.5. The number of carbonyl (C=O) groups is 2. The Hall–Kier alpha value is -2.82. The van der Waals surface area contributed by atoms with Crippen molar-refractivity contribution < 1.29 is 18.0 Å². The van der Waals surface area contributed by atoms with Crippen LogP contribution in [0.15, 0.2) is 48.5 Å².